The van der Waals surface area contributed by atoms with E-state index in [0.29, 0.717) is 6.04 Å². The minimum Gasteiger partial charge on any atom is -0.328 e. The highest BCUT2D eigenvalue weighted by Gasteiger charge is 2.32. The van der Waals surface area contributed by atoms with Crippen molar-refractivity contribution in [3.63, 3.8) is 0 Å². The first-order valence-electron chi connectivity index (χ1n) is 9.46. The fraction of sp³-hybridized carbons (Fsp3) is 0.667. The Morgan fingerprint density at radius 1 is 1.16 bits per heavy atom. The van der Waals surface area contributed by atoms with E-state index in [9.17, 15) is 4.79 Å². The van der Waals surface area contributed by atoms with E-state index >= 15 is 0 Å². The van der Waals surface area contributed by atoms with Crippen molar-refractivity contribution in [2.45, 2.75) is 70.4 Å². The van der Waals surface area contributed by atoms with Gasteiger partial charge in [-0.15, -0.1) is 0 Å². The number of H-pyrrole nitrogens is 1. The van der Waals surface area contributed by atoms with Gasteiger partial charge in [-0.3, -0.25) is 14.6 Å². The Balaban J connectivity index is 1.58. The van der Waals surface area contributed by atoms with Gasteiger partial charge in [0.05, 0.1) is 23.8 Å². The first kappa shape index (κ1) is 16.3. The summed E-state index contributed by atoms with van der Waals surface area (Å²) < 4.78 is 2.08. The summed E-state index contributed by atoms with van der Waals surface area (Å²) in [6, 6.07) is 0.433. The second-order valence-electron chi connectivity index (χ2n) is 7.26. The van der Waals surface area contributed by atoms with Crippen LogP contribution >= 0.6 is 0 Å². The largest absolute Gasteiger partial charge is 0.328 e. The minimum atomic E-state index is -0.0128. The molecule has 7 heteroatoms. The molecule has 0 bridgehead atoms. The molecule has 0 aromatic carbocycles. The van der Waals surface area contributed by atoms with E-state index in [2.05, 4.69) is 25.0 Å². The van der Waals surface area contributed by atoms with E-state index in [4.69, 9.17) is 0 Å². The van der Waals surface area contributed by atoms with Crippen molar-refractivity contribution < 1.29 is 4.79 Å². The molecule has 1 saturated carbocycles. The van der Waals surface area contributed by atoms with Crippen LogP contribution in [0.15, 0.2) is 12.5 Å². The number of likely N-dealkylation sites (tertiary alicyclic amines) is 1. The minimum absolute atomic E-state index is 0.0128. The van der Waals surface area contributed by atoms with Crippen LogP contribution in [0.4, 0.5) is 0 Å². The van der Waals surface area contributed by atoms with E-state index in [1.807, 2.05) is 11.8 Å². The van der Waals surface area contributed by atoms with Crippen molar-refractivity contribution in [2.75, 3.05) is 6.54 Å². The average Bonchev–Trinajstić information content (AvgIpc) is 3.32. The first-order valence-corrected chi connectivity index (χ1v) is 9.46. The third-order valence-corrected chi connectivity index (χ3v) is 5.71. The Kier molecular flexibility index (Phi) is 4.55. The zero-order valence-electron chi connectivity index (χ0n) is 14.8. The fourth-order valence-corrected chi connectivity index (χ4v) is 4.32. The van der Waals surface area contributed by atoms with Crippen LogP contribution in [0.1, 0.15) is 85.3 Å². The van der Waals surface area contributed by atoms with Gasteiger partial charge in [0.2, 0.25) is 0 Å². The van der Waals surface area contributed by atoms with Gasteiger partial charge in [0, 0.05) is 12.2 Å². The standard InChI is InChI=1S/C18H26N6O/c1-13-15(11-21-24(13)14-7-3-2-4-8-14)18(25)23-10-6-5-9-16(23)17-19-12-20-22-17/h11-12,14,16H,2-10H2,1H3,(H,19,20,22)/t16-/m0/s1. The van der Waals surface area contributed by atoms with Gasteiger partial charge in [-0.25, -0.2) is 4.98 Å². The third-order valence-electron chi connectivity index (χ3n) is 5.71. The van der Waals surface area contributed by atoms with Gasteiger partial charge in [0.1, 0.15) is 12.2 Å². The summed E-state index contributed by atoms with van der Waals surface area (Å²) in [7, 11) is 0. The molecule has 1 atom stereocenters. The topological polar surface area (TPSA) is 79.7 Å². The molecule has 0 radical (unpaired) electrons. The molecule has 0 spiro atoms. The Bertz CT molecular complexity index is 716. The van der Waals surface area contributed by atoms with Crippen LogP contribution in [0.25, 0.3) is 0 Å². The molecular formula is C18H26N6O. The summed E-state index contributed by atoms with van der Waals surface area (Å²) in [5, 5.41) is 11.5. The number of rotatable bonds is 3. The van der Waals surface area contributed by atoms with Crippen LogP contribution in [-0.4, -0.2) is 42.3 Å². The number of hydrogen-bond donors (Lipinski definition) is 1. The number of aromatic amines is 1. The number of hydrogen-bond acceptors (Lipinski definition) is 4. The average molecular weight is 342 g/mol. The maximum atomic E-state index is 13.2. The van der Waals surface area contributed by atoms with Gasteiger partial charge in [0.15, 0.2) is 0 Å². The summed E-state index contributed by atoms with van der Waals surface area (Å²) in [5.74, 6) is 0.853. The first-order chi connectivity index (χ1) is 12.3. The summed E-state index contributed by atoms with van der Waals surface area (Å²) in [6.07, 6.45) is 12.5. The molecule has 2 aliphatic rings. The number of carbonyl (C=O) groups is 1. The lowest BCUT2D eigenvalue weighted by Gasteiger charge is -2.34. The van der Waals surface area contributed by atoms with Crippen molar-refractivity contribution in [1.29, 1.82) is 0 Å². The van der Waals surface area contributed by atoms with E-state index in [1.165, 1.54) is 38.4 Å². The van der Waals surface area contributed by atoms with Crippen molar-refractivity contribution in [3.8, 4) is 0 Å². The number of piperidine rings is 1. The summed E-state index contributed by atoms with van der Waals surface area (Å²) in [4.78, 5) is 19.5. The Hall–Kier alpha value is -2.18. The predicted octanol–water partition coefficient (Wildman–Crippen LogP) is 3.18. The quantitative estimate of drug-likeness (QED) is 0.929. The van der Waals surface area contributed by atoms with E-state index in [0.717, 1.165) is 42.9 Å². The summed E-state index contributed by atoms with van der Waals surface area (Å²) in [6.45, 7) is 2.79. The molecule has 7 nitrogen and oxygen atoms in total. The van der Waals surface area contributed by atoms with Gasteiger partial charge in [0.25, 0.3) is 5.91 Å². The number of amides is 1. The molecule has 1 aliphatic carbocycles. The molecule has 2 fully saturated rings. The monoisotopic (exact) mass is 342 g/mol. The van der Waals surface area contributed by atoms with E-state index in [1.54, 1.807) is 6.20 Å². The lowest BCUT2D eigenvalue weighted by Crippen LogP contribution is -2.39. The van der Waals surface area contributed by atoms with Crippen LogP contribution in [0.3, 0.4) is 0 Å². The van der Waals surface area contributed by atoms with Crippen molar-refractivity contribution >= 4 is 5.91 Å². The molecule has 134 valence electrons. The van der Waals surface area contributed by atoms with Crippen molar-refractivity contribution in [3.05, 3.63) is 29.6 Å². The molecular weight excluding hydrogens is 316 g/mol. The van der Waals surface area contributed by atoms with Crippen molar-refractivity contribution in [2.24, 2.45) is 0 Å². The molecule has 2 aromatic rings. The molecule has 2 aromatic heterocycles. The maximum Gasteiger partial charge on any atom is 0.257 e. The molecule has 1 amide bonds. The predicted molar refractivity (Wildman–Crippen MR) is 93.1 cm³/mol. The van der Waals surface area contributed by atoms with Crippen LogP contribution in [0, 0.1) is 6.92 Å². The number of nitrogens with zero attached hydrogens (tertiary/aromatic N) is 5. The Morgan fingerprint density at radius 3 is 2.72 bits per heavy atom. The number of carbonyl (C=O) groups excluding carboxylic acids is 1. The van der Waals surface area contributed by atoms with Gasteiger partial charge < -0.3 is 4.90 Å². The fourth-order valence-electron chi connectivity index (χ4n) is 4.32. The molecule has 1 saturated heterocycles. The Morgan fingerprint density at radius 2 is 1.96 bits per heavy atom. The lowest BCUT2D eigenvalue weighted by atomic mass is 9.95. The lowest BCUT2D eigenvalue weighted by molar-refractivity contribution is 0.0599. The highest BCUT2D eigenvalue weighted by atomic mass is 16.2. The highest BCUT2D eigenvalue weighted by molar-refractivity contribution is 5.95. The second kappa shape index (κ2) is 6.98. The zero-order chi connectivity index (χ0) is 17.2. The van der Waals surface area contributed by atoms with Gasteiger partial charge in [-0.05, 0) is 39.0 Å². The molecule has 1 aliphatic heterocycles. The van der Waals surface area contributed by atoms with Crippen LogP contribution in [-0.2, 0) is 0 Å². The second-order valence-corrected chi connectivity index (χ2v) is 7.26. The van der Waals surface area contributed by atoms with Gasteiger partial charge in [-0.2, -0.15) is 10.2 Å². The summed E-state index contributed by atoms with van der Waals surface area (Å²) >= 11 is 0. The smallest absolute Gasteiger partial charge is 0.257 e. The molecule has 0 unspecified atom stereocenters. The SMILES string of the molecule is Cc1c(C(=O)N2CCCC[C@H]2c2ncn[nH]2)cnn1C1CCCCC1. The molecule has 25 heavy (non-hydrogen) atoms. The van der Waals surface area contributed by atoms with Crippen LogP contribution in [0.5, 0.6) is 0 Å². The van der Waals surface area contributed by atoms with Crippen LogP contribution < -0.4 is 0 Å². The Labute approximate surface area is 147 Å². The molecule has 1 N–H and O–H groups in total. The summed E-state index contributed by atoms with van der Waals surface area (Å²) in [5.41, 5.74) is 1.73. The normalized spacial score (nSPS) is 22.3. The highest BCUT2D eigenvalue weighted by Crippen LogP contribution is 2.32. The van der Waals surface area contributed by atoms with Crippen molar-refractivity contribution in [1.82, 2.24) is 29.9 Å². The maximum absolute atomic E-state index is 13.2. The molecule has 4 rings (SSSR count). The van der Waals surface area contributed by atoms with Crippen LogP contribution in [0.2, 0.25) is 0 Å². The van der Waals surface area contributed by atoms with E-state index in [-0.39, 0.29) is 11.9 Å². The third kappa shape index (κ3) is 3.07. The number of aromatic nitrogens is 5. The zero-order valence-corrected chi connectivity index (χ0v) is 14.8. The van der Waals surface area contributed by atoms with Gasteiger partial charge in [-0.1, -0.05) is 19.3 Å². The van der Waals surface area contributed by atoms with E-state index < -0.39 is 0 Å². The number of nitrogens with one attached hydrogen (secondary N) is 1. The van der Waals surface area contributed by atoms with Gasteiger partial charge >= 0.3 is 0 Å². The molecule has 3 heterocycles.